The monoisotopic (exact) mass is 307 g/mol. The Morgan fingerprint density at radius 2 is 2.19 bits per heavy atom. The Labute approximate surface area is 126 Å². The van der Waals surface area contributed by atoms with E-state index in [2.05, 4.69) is 20.0 Å². The molecule has 6 nitrogen and oxygen atoms in total. The number of aromatic nitrogens is 2. The van der Waals surface area contributed by atoms with Gasteiger partial charge < -0.3 is 15.0 Å². The maximum absolute atomic E-state index is 11.7. The van der Waals surface area contributed by atoms with Crippen LogP contribution in [0.3, 0.4) is 0 Å². The van der Waals surface area contributed by atoms with Crippen LogP contribution in [0.4, 0.5) is 0 Å². The van der Waals surface area contributed by atoms with Crippen molar-refractivity contribution < 1.29 is 14.3 Å². The molecule has 1 heterocycles. The molecule has 1 aromatic heterocycles. The van der Waals surface area contributed by atoms with Gasteiger partial charge in [0.2, 0.25) is 5.91 Å². The number of nitrogens with zero attached hydrogens (tertiary/aromatic N) is 1. The summed E-state index contributed by atoms with van der Waals surface area (Å²) in [7, 11) is 1.35. The first kappa shape index (κ1) is 15.4. The summed E-state index contributed by atoms with van der Waals surface area (Å²) in [6.45, 7) is 0.467. The minimum absolute atomic E-state index is 0.0784. The first-order valence-electron chi connectivity index (χ1n) is 6.60. The van der Waals surface area contributed by atoms with Crippen LogP contribution >= 0.6 is 11.8 Å². The number of methoxy groups -OCH3 is 1. The van der Waals surface area contributed by atoms with Crippen molar-refractivity contribution in [3.05, 3.63) is 24.3 Å². The van der Waals surface area contributed by atoms with Crippen molar-refractivity contribution in [3.63, 3.8) is 0 Å². The molecule has 0 saturated carbocycles. The molecule has 2 rings (SSSR count). The number of imidazole rings is 1. The third kappa shape index (κ3) is 4.78. The van der Waals surface area contributed by atoms with Crippen molar-refractivity contribution in [3.8, 4) is 0 Å². The highest BCUT2D eigenvalue weighted by molar-refractivity contribution is 7.99. The largest absolute Gasteiger partial charge is 0.469 e. The number of carbonyl (C=O) groups excluding carboxylic acids is 2. The molecule has 0 radical (unpaired) electrons. The minimum atomic E-state index is -0.263. The number of hydrogen-bond donors (Lipinski definition) is 2. The maximum atomic E-state index is 11.7. The van der Waals surface area contributed by atoms with Gasteiger partial charge >= 0.3 is 5.97 Å². The quantitative estimate of drug-likeness (QED) is 0.462. The van der Waals surface area contributed by atoms with Gasteiger partial charge in [0.1, 0.15) is 0 Å². The average Bonchev–Trinajstić information content (AvgIpc) is 2.92. The molecule has 21 heavy (non-hydrogen) atoms. The maximum Gasteiger partial charge on any atom is 0.305 e. The van der Waals surface area contributed by atoms with Gasteiger partial charge in [0.25, 0.3) is 0 Å². The van der Waals surface area contributed by atoms with E-state index in [9.17, 15) is 9.59 Å². The third-order valence-electron chi connectivity index (χ3n) is 2.82. The van der Waals surface area contributed by atoms with Crippen molar-refractivity contribution in [2.24, 2.45) is 0 Å². The number of thioether (sulfide) groups is 1. The zero-order valence-corrected chi connectivity index (χ0v) is 12.5. The number of ether oxygens (including phenoxy) is 1. The molecule has 0 unspecified atom stereocenters. The standard InChI is InChI=1S/C14H17N3O3S/c1-20-13(19)7-4-8-15-12(18)9-21-14-16-10-5-2-3-6-11(10)17-14/h2-3,5-6H,4,7-9H2,1H3,(H,15,18)(H,16,17). The molecule has 0 atom stereocenters. The number of carbonyl (C=O) groups is 2. The highest BCUT2D eigenvalue weighted by Crippen LogP contribution is 2.18. The lowest BCUT2D eigenvalue weighted by Crippen LogP contribution is -2.26. The van der Waals surface area contributed by atoms with Crippen molar-refractivity contribution in [2.45, 2.75) is 18.0 Å². The van der Waals surface area contributed by atoms with Crippen LogP contribution in [-0.4, -0.2) is 41.3 Å². The van der Waals surface area contributed by atoms with E-state index >= 15 is 0 Å². The Hall–Kier alpha value is -2.02. The van der Waals surface area contributed by atoms with Gasteiger partial charge in [0.05, 0.1) is 23.9 Å². The Morgan fingerprint density at radius 1 is 1.38 bits per heavy atom. The lowest BCUT2D eigenvalue weighted by Gasteiger charge is -2.03. The summed E-state index contributed by atoms with van der Waals surface area (Å²) < 4.78 is 4.52. The van der Waals surface area contributed by atoms with Gasteiger partial charge in [0.15, 0.2) is 5.16 Å². The molecule has 0 spiro atoms. The molecule has 0 aliphatic rings. The fourth-order valence-electron chi connectivity index (χ4n) is 1.75. The zero-order valence-electron chi connectivity index (χ0n) is 11.7. The highest BCUT2D eigenvalue weighted by Gasteiger charge is 2.07. The fourth-order valence-corrected chi connectivity index (χ4v) is 2.46. The molecule has 0 aliphatic heterocycles. The molecule has 0 saturated heterocycles. The molecule has 2 aromatic rings. The Bertz CT molecular complexity index is 594. The SMILES string of the molecule is COC(=O)CCCNC(=O)CSc1nc2ccccc2[nH]1. The van der Waals surface area contributed by atoms with Crippen molar-refractivity contribution in [1.29, 1.82) is 0 Å². The van der Waals surface area contributed by atoms with E-state index in [0.29, 0.717) is 19.4 Å². The summed E-state index contributed by atoms with van der Waals surface area (Å²) in [5, 5.41) is 3.48. The van der Waals surface area contributed by atoms with Gasteiger partial charge in [-0.05, 0) is 18.6 Å². The van der Waals surface area contributed by atoms with E-state index in [1.54, 1.807) is 0 Å². The van der Waals surface area contributed by atoms with E-state index in [-0.39, 0.29) is 17.6 Å². The molecule has 1 aromatic carbocycles. The Morgan fingerprint density at radius 3 is 2.95 bits per heavy atom. The van der Waals surface area contributed by atoms with Gasteiger partial charge in [-0.2, -0.15) is 0 Å². The molecule has 0 fully saturated rings. The summed E-state index contributed by atoms with van der Waals surface area (Å²) in [5.41, 5.74) is 1.84. The van der Waals surface area contributed by atoms with Gasteiger partial charge in [-0.25, -0.2) is 4.98 Å². The van der Waals surface area contributed by atoms with Crippen LogP contribution in [-0.2, 0) is 14.3 Å². The van der Waals surface area contributed by atoms with E-state index < -0.39 is 0 Å². The van der Waals surface area contributed by atoms with Crippen LogP contribution in [0, 0.1) is 0 Å². The summed E-state index contributed by atoms with van der Waals surface area (Å²) in [6.07, 6.45) is 0.890. The van der Waals surface area contributed by atoms with E-state index in [1.165, 1.54) is 18.9 Å². The summed E-state index contributed by atoms with van der Waals surface area (Å²) in [5.74, 6) is -0.0517. The summed E-state index contributed by atoms with van der Waals surface area (Å²) in [4.78, 5) is 30.1. The number of H-pyrrole nitrogens is 1. The van der Waals surface area contributed by atoms with Crippen molar-refractivity contribution >= 4 is 34.7 Å². The Balaban J connectivity index is 1.70. The van der Waals surface area contributed by atoms with E-state index in [1.807, 2.05) is 24.3 Å². The van der Waals surface area contributed by atoms with Crippen LogP contribution in [0.5, 0.6) is 0 Å². The summed E-state index contributed by atoms with van der Waals surface area (Å²) >= 11 is 1.35. The number of para-hydroxylation sites is 2. The molecule has 2 N–H and O–H groups in total. The molecule has 112 valence electrons. The van der Waals surface area contributed by atoms with Crippen LogP contribution < -0.4 is 5.32 Å². The average molecular weight is 307 g/mol. The van der Waals surface area contributed by atoms with E-state index in [4.69, 9.17) is 0 Å². The molecule has 7 heteroatoms. The molecular weight excluding hydrogens is 290 g/mol. The number of benzene rings is 1. The number of rotatable bonds is 7. The number of nitrogens with one attached hydrogen (secondary N) is 2. The van der Waals surface area contributed by atoms with Gasteiger partial charge in [-0.1, -0.05) is 23.9 Å². The van der Waals surface area contributed by atoms with E-state index in [0.717, 1.165) is 16.2 Å². The van der Waals surface area contributed by atoms with Crippen molar-refractivity contribution in [1.82, 2.24) is 15.3 Å². The van der Waals surface area contributed by atoms with Gasteiger partial charge in [0, 0.05) is 13.0 Å². The van der Waals surface area contributed by atoms with Crippen LogP contribution in [0.2, 0.25) is 0 Å². The molecule has 0 bridgehead atoms. The predicted molar refractivity (Wildman–Crippen MR) is 81.1 cm³/mol. The minimum Gasteiger partial charge on any atom is -0.469 e. The second-order valence-electron chi connectivity index (χ2n) is 4.38. The zero-order chi connectivity index (χ0) is 15.1. The van der Waals surface area contributed by atoms with Crippen LogP contribution in [0.25, 0.3) is 11.0 Å². The van der Waals surface area contributed by atoms with Gasteiger partial charge in [-0.3, -0.25) is 9.59 Å². The number of fused-ring (bicyclic) bond motifs is 1. The number of hydrogen-bond acceptors (Lipinski definition) is 5. The fraction of sp³-hybridized carbons (Fsp3) is 0.357. The molecule has 0 aliphatic carbocycles. The number of esters is 1. The third-order valence-corrected chi connectivity index (χ3v) is 3.69. The first-order chi connectivity index (χ1) is 10.2. The van der Waals surface area contributed by atoms with Crippen LogP contribution in [0.15, 0.2) is 29.4 Å². The summed E-state index contributed by atoms with van der Waals surface area (Å²) in [6, 6.07) is 7.72. The predicted octanol–water partition coefficient (Wildman–Crippen LogP) is 1.72. The highest BCUT2D eigenvalue weighted by atomic mass is 32.2. The molecule has 1 amide bonds. The van der Waals surface area contributed by atoms with Gasteiger partial charge in [-0.15, -0.1) is 0 Å². The lowest BCUT2D eigenvalue weighted by atomic mass is 10.3. The normalized spacial score (nSPS) is 10.5. The van der Waals surface area contributed by atoms with Crippen LogP contribution in [0.1, 0.15) is 12.8 Å². The molecular formula is C14H17N3O3S. The first-order valence-corrected chi connectivity index (χ1v) is 7.58. The Kier molecular flexibility index (Phi) is 5.62. The topological polar surface area (TPSA) is 84.1 Å². The second-order valence-corrected chi connectivity index (χ2v) is 5.34. The smallest absolute Gasteiger partial charge is 0.305 e. The second kappa shape index (κ2) is 7.68. The van der Waals surface area contributed by atoms with Crippen molar-refractivity contribution in [2.75, 3.05) is 19.4 Å². The number of aromatic amines is 1. The number of amides is 1. The lowest BCUT2D eigenvalue weighted by molar-refractivity contribution is -0.140.